The zero-order chi connectivity index (χ0) is 26.4. The minimum Gasteiger partial charge on any atom is -0.380 e. The number of pyridine rings is 1. The summed E-state index contributed by atoms with van der Waals surface area (Å²) in [5.74, 6) is 1.26. The first-order valence-electron chi connectivity index (χ1n) is 13.2. The highest BCUT2D eigenvalue weighted by atomic mass is 16.5. The van der Waals surface area contributed by atoms with Crippen molar-refractivity contribution in [1.82, 2.24) is 20.0 Å². The Hall–Kier alpha value is -3.10. The molecule has 1 aromatic carbocycles. The summed E-state index contributed by atoms with van der Waals surface area (Å²) < 4.78 is 5.64. The number of aliphatic hydroxyl groups is 1. The second kappa shape index (κ2) is 9.65. The molecular formula is C29H37N5O3. The molecule has 0 radical (unpaired) electrons. The van der Waals surface area contributed by atoms with E-state index in [1.54, 1.807) is 12.4 Å². The van der Waals surface area contributed by atoms with E-state index in [9.17, 15) is 9.90 Å². The van der Waals surface area contributed by atoms with Crippen LogP contribution in [0.4, 0.5) is 0 Å². The number of carbonyl (C=O) groups is 1. The van der Waals surface area contributed by atoms with Crippen LogP contribution in [0.1, 0.15) is 80.9 Å². The molecule has 3 aromatic rings. The standard InChI is InChI=1S/C29H37N5O3/c1-18(2)19-9-11-23(12-10-19)29(36,28(3)16-34(4)17-28)24-13-22(14-31-15-24)26-32-27(37-33-26)21-7-5-20(6-8-21)25(30)35/h9-15,18,20-21,36H,5-8,16-17H2,1-4H3,(H2,30,35)/t20?,21?,29-/m0/s1. The lowest BCUT2D eigenvalue weighted by Gasteiger charge is -2.55. The highest BCUT2D eigenvalue weighted by Gasteiger charge is 2.55. The number of hydrogen-bond acceptors (Lipinski definition) is 7. The van der Waals surface area contributed by atoms with Crippen molar-refractivity contribution in [3.8, 4) is 11.4 Å². The van der Waals surface area contributed by atoms with Gasteiger partial charge in [-0.05, 0) is 55.8 Å². The molecular weight excluding hydrogens is 466 g/mol. The van der Waals surface area contributed by atoms with Crippen LogP contribution in [-0.4, -0.2) is 51.2 Å². The van der Waals surface area contributed by atoms with Crippen LogP contribution in [0.15, 0.2) is 47.2 Å². The van der Waals surface area contributed by atoms with Crippen molar-refractivity contribution in [2.45, 2.75) is 63.9 Å². The minimum atomic E-state index is -1.24. The average molecular weight is 504 g/mol. The molecule has 8 heteroatoms. The van der Waals surface area contributed by atoms with Gasteiger partial charge in [-0.15, -0.1) is 0 Å². The summed E-state index contributed by atoms with van der Waals surface area (Å²) >= 11 is 0. The Morgan fingerprint density at radius 1 is 1.14 bits per heavy atom. The summed E-state index contributed by atoms with van der Waals surface area (Å²) in [6, 6.07) is 10.2. The van der Waals surface area contributed by atoms with Crippen molar-refractivity contribution >= 4 is 5.91 Å². The number of aromatic nitrogens is 3. The number of nitrogens with two attached hydrogens (primary N) is 1. The predicted molar refractivity (Wildman–Crippen MR) is 141 cm³/mol. The summed E-state index contributed by atoms with van der Waals surface area (Å²) in [5, 5.41) is 16.7. The van der Waals surface area contributed by atoms with Crippen molar-refractivity contribution in [2.24, 2.45) is 17.1 Å². The van der Waals surface area contributed by atoms with Gasteiger partial charge in [0.1, 0.15) is 5.60 Å². The van der Waals surface area contributed by atoms with E-state index in [0.717, 1.165) is 44.3 Å². The van der Waals surface area contributed by atoms with Crippen LogP contribution in [-0.2, 0) is 10.4 Å². The Balaban J connectivity index is 1.46. The fraction of sp³-hybridized carbons (Fsp3) is 0.517. The summed E-state index contributed by atoms with van der Waals surface area (Å²) in [6.07, 6.45) is 6.53. The molecule has 0 bridgehead atoms. The number of hydrogen-bond donors (Lipinski definition) is 2. The van der Waals surface area contributed by atoms with E-state index < -0.39 is 5.60 Å². The van der Waals surface area contributed by atoms with Crippen molar-refractivity contribution in [3.63, 3.8) is 0 Å². The molecule has 0 unspecified atom stereocenters. The van der Waals surface area contributed by atoms with E-state index in [4.69, 9.17) is 10.3 Å². The molecule has 1 saturated carbocycles. The van der Waals surface area contributed by atoms with E-state index in [0.29, 0.717) is 28.8 Å². The molecule has 0 spiro atoms. The van der Waals surface area contributed by atoms with Gasteiger partial charge in [0.05, 0.1) is 0 Å². The van der Waals surface area contributed by atoms with E-state index in [1.807, 2.05) is 18.2 Å². The predicted octanol–water partition coefficient (Wildman–Crippen LogP) is 4.20. The van der Waals surface area contributed by atoms with Crippen molar-refractivity contribution < 1.29 is 14.4 Å². The third kappa shape index (κ3) is 4.57. The van der Waals surface area contributed by atoms with Gasteiger partial charge in [-0.3, -0.25) is 9.78 Å². The number of likely N-dealkylation sites (tertiary alicyclic amines) is 1. The normalized spacial score (nSPS) is 23.4. The Morgan fingerprint density at radius 3 is 2.41 bits per heavy atom. The van der Waals surface area contributed by atoms with Crippen molar-refractivity contribution in [1.29, 1.82) is 0 Å². The number of amides is 1. The van der Waals surface area contributed by atoms with E-state index >= 15 is 0 Å². The van der Waals surface area contributed by atoms with Crippen LogP contribution in [0.5, 0.6) is 0 Å². The molecule has 5 rings (SSSR count). The number of rotatable bonds is 7. The molecule has 196 valence electrons. The van der Waals surface area contributed by atoms with Gasteiger partial charge in [0.2, 0.25) is 17.6 Å². The van der Waals surface area contributed by atoms with Crippen molar-refractivity contribution in [2.75, 3.05) is 20.1 Å². The molecule has 2 aliphatic rings. The maximum absolute atomic E-state index is 12.5. The summed E-state index contributed by atoms with van der Waals surface area (Å²) in [6.45, 7) is 7.99. The maximum atomic E-state index is 12.5. The topological polar surface area (TPSA) is 118 Å². The molecule has 3 heterocycles. The van der Waals surface area contributed by atoms with Gasteiger partial charge in [-0.2, -0.15) is 4.98 Å². The fourth-order valence-electron chi connectivity index (χ4n) is 6.25. The summed E-state index contributed by atoms with van der Waals surface area (Å²) in [4.78, 5) is 22.9. The van der Waals surface area contributed by atoms with Crippen LogP contribution in [0.2, 0.25) is 0 Å². The fourth-order valence-corrected chi connectivity index (χ4v) is 6.25. The highest BCUT2D eigenvalue weighted by Crippen LogP contribution is 2.50. The maximum Gasteiger partial charge on any atom is 0.230 e. The lowest BCUT2D eigenvalue weighted by atomic mass is 9.62. The zero-order valence-electron chi connectivity index (χ0n) is 22.1. The quantitative estimate of drug-likeness (QED) is 0.496. The van der Waals surface area contributed by atoms with Crippen LogP contribution in [0, 0.1) is 11.3 Å². The highest BCUT2D eigenvalue weighted by molar-refractivity contribution is 5.76. The minimum absolute atomic E-state index is 0.0706. The van der Waals surface area contributed by atoms with Gasteiger partial charge in [-0.1, -0.05) is 50.2 Å². The first-order valence-corrected chi connectivity index (χ1v) is 13.2. The lowest BCUT2D eigenvalue weighted by Crippen LogP contribution is -2.63. The molecule has 2 aromatic heterocycles. The van der Waals surface area contributed by atoms with E-state index in [-0.39, 0.29) is 23.2 Å². The third-order valence-corrected chi connectivity index (χ3v) is 8.44. The van der Waals surface area contributed by atoms with E-state index in [1.165, 1.54) is 5.56 Å². The number of primary amides is 1. The second-order valence-corrected chi connectivity index (χ2v) is 11.6. The molecule has 1 atom stereocenters. The SMILES string of the molecule is CC(C)c1ccc([C@](O)(c2cncc(-c3noc(C4CCC(C(N)=O)CC4)n3)c2)C2(C)CN(C)C2)cc1. The van der Waals surface area contributed by atoms with Gasteiger partial charge in [0, 0.05) is 53.9 Å². The van der Waals surface area contributed by atoms with Gasteiger partial charge in [0.15, 0.2) is 0 Å². The van der Waals surface area contributed by atoms with Gasteiger partial charge in [-0.25, -0.2) is 0 Å². The second-order valence-electron chi connectivity index (χ2n) is 11.6. The average Bonchev–Trinajstić information content (AvgIpc) is 3.38. The monoisotopic (exact) mass is 503 g/mol. The van der Waals surface area contributed by atoms with Crippen LogP contribution < -0.4 is 5.73 Å². The number of nitrogens with zero attached hydrogens (tertiary/aromatic N) is 4. The molecule has 2 fully saturated rings. The Kier molecular flexibility index (Phi) is 6.66. The van der Waals surface area contributed by atoms with Crippen LogP contribution in [0.3, 0.4) is 0 Å². The number of benzene rings is 1. The lowest BCUT2D eigenvalue weighted by molar-refractivity contribution is -0.127. The number of carbonyl (C=O) groups excluding carboxylic acids is 1. The third-order valence-electron chi connectivity index (χ3n) is 8.44. The molecule has 3 N–H and O–H groups in total. The Bertz CT molecular complexity index is 1260. The van der Waals surface area contributed by atoms with Crippen molar-refractivity contribution in [3.05, 3.63) is 65.3 Å². The summed E-state index contributed by atoms with van der Waals surface area (Å²) in [7, 11) is 2.07. The van der Waals surface area contributed by atoms with Crippen LogP contribution in [0.25, 0.3) is 11.4 Å². The molecule has 37 heavy (non-hydrogen) atoms. The molecule has 1 amide bonds. The largest absolute Gasteiger partial charge is 0.380 e. The zero-order valence-corrected chi connectivity index (χ0v) is 22.1. The molecule has 1 aliphatic heterocycles. The molecule has 1 aliphatic carbocycles. The molecule has 1 saturated heterocycles. The first-order chi connectivity index (χ1) is 17.6. The molecule has 8 nitrogen and oxygen atoms in total. The Morgan fingerprint density at radius 2 is 1.81 bits per heavy atom. The van der Waals surface area contributed by atoms with Gasteiger partial charge in [0.25, 0.3) is 0 Å². The van der Waals surface area contributed by atoms with Gasteiger partial charge < -0.3 is 20.3 Å². The summed E-state index contributed by atoms with van der Waals surface area (Å²) in [5.41, 5.74) is 7.35. The van der Waals surface area contributed by atoms with E-state index in [2.05, 4.69) is 60.0 Å². The smallest absolute Gasteiger partial charge is 0.230 e. The first kappa shape index (κ1) is 25.5. The Labute approximate surface area is 218 Å². The van der Waals surface area contributed by atoms with Gasteiger partial charge >= 0.3 is 0 Å². The van der Waals surface area contributed by atoms with Crippen LogP contribution >= 0.6 is 0 Å².